The van der Waals surface area contributed by atoms with E-state index in [1.165, 1.54) is 12.3 Å². The zero-order valence-corrected chi connectivity index (χ0v) is 10.2. The Kier molecular flexibility index (Phi) is 5.31. The normalized spacial score (nSPS) is 12.1. The number of carbonyl (C=O) groups excluding carboxylic acids is 1. The molecule has 0 aliphatic heterocycles. The molecule has 1 heterocycles. The third-order valence-electron chi connectivity index (χ3n) is 2.33. The van der Waals surface area contributed by atoms with Crippen LogP contribution < -0.4 is 16.6 Å². The van der Waals surface area contributed by atoms with Crippen molar-refractivity contribution in [2.24, 2.45) is 0 Å². The van der Waals surface area contributed by atoms with Crippen LogP contribution in [-0.2, 0) is 11.3 Å². The number of aliphatic hydroxyl groups excluding tert-OH is 1. The number of rotatable bonds is 6. The fourth-order valence-corrected chi connectivity index (χ4v) is 1.40. The number of hydrogen-bond donors (Lipinski definition) is 3. The van der Waals surface area contributed by atoms with Crippen LogP contribution in [0.3, 0.4) is 0 Å². The first-order valence-electron chi connectivity index (χ1n) is 5.73. The lowest BCUT2D eigenvalue weighted by Gasteiger charge is -2.07. The number of amides is 1. The molecule has 0 radical (unpaired) electrons. The minimum absolute atomic E-state index is 0.135. The van der Waals surface area contributed by atoms with Gasteiger partial charge in [-0.2, -0.15) is 0 Å². The van der Waals surface area contributed by atoms with E-state index in [1.54, 1.807) is 6.92 Å². The van der Waals surface area contributed by atoms with Crippen LogP contribution >= 0.6 is 0 Å². The Bertz CT molecular complexity index is 504. The lowest BCUT2D eigenvalue weighted by molar-refractivity contribution is -0.121. The molecule has 1 unspecified atom stereocenters. The topological polar surface area (TPSA) is 104 Å². The largest absolute Gasteiger partial charge is 0.393 e. The van der Waals surface area contributed by atoms with Crippen LogP contribution in [0.25, 0.3) is 0 Å². The molecule has 18 heavy (non-hydrogen) atoms. The van der Waals surface area contributed by atoms with Gasteiger partial charge in [-0.1, -0.05) is 0 Å². The maximum Gasteiger partial charge on any atom is 0.328 e. The van der Waals surface area contributed by atoms with E-state index in [9.17, 15) is 14.4 Å². The van der Waals surface area contributed by atoms with E-state index in [4.69, 9.17) is 5.11 Å². The van der Waals surface area contributed by atoms with Gasteiger partial charge in [0.1, 0.15) is 6.54 Å². The second-order valence-electron chi connectivity index (χ2n) is 4.08. The van der Waals surface area contributed by atoms with Crippen molar-refractivity contribution < 1.29 is 9.90 Å². The first kappa shape index (κ1) is 14.2. The molecule has 1 atom stereocenters. The standard InChI is InChI=1S/C11H17N3O4/c1-8(15)3-2-5-12-10(17)7-14-6-4-9(16)13-11(14)18/h4,6,8,15H,2-3,5,7H2,1H3,(H,12,17)(H,13,16,18). The smallest absolute Gasteiger partial charge is 0.328 e. The molecule has 1 aromatic heterocycles. The van der Waals surface area contributed by atoms with Gasteiger partial charge in [0.25, 0.3) is 5.56 Å². The monoisotopic (exact) mass is 255 g/mol. The predicted octanol–water partition coefficient (Wildman–Crippen LogP) is -1.19. The van der Waals surface area contributed by atoms with Gasteiger partial charge in [0.2, 0.25) is 5.91 Å². The summed E-state index contributed by atoms with van der Waals surface area (Å²) in [6.45, 7) is 1.99. The average molecular weight is 255 g/mol. The quantitative estimate of drug-likeness (QED) is 0.556. The number of H-pyrrole nitrogens is 1. The molecular formula is C11H17N3O4. The molecule has 0 spiro atoms. The summed E-state index contributed by atoms with van der Waals surface area (Å²) in [7, 11) is 0. The van der Waals surface area contributed by atoms with Gasteiger partial charge in [0, 0.05) is 18.8 Å². The van der Waals surface area contributed by atoms with Crippen LogP contribution in [-0.4, -0.2) is 33.2 Å². The Morgan fingerprint density at radius 1 is 1.56 bits per heavy atom. The number of aromatic nitrogens is 2. The Hall–Kier alpha value is -1.89. The Morgan fingerprint density at radius 2 is 2.28 bits per heavy atom. The van der Waals surface area contributed by atoms with Crippen LogP contribution in [0, 0.1) is 0 Å². The number of aliphatic hydroxyl groups is 1. The Balaban J connectivity index is 2.40. The second-order valence-corrected chi connectivity index (χ2v) is 4.08. The van der Waals surface area contributed by atoms with Crippen LogP contribution in [0.15, 0.2) is 21.9 Å². The first-order chi connectivity index (χ1) is 8.49. The molecule has 1 rings (SSSR count). The van der Waals surface area contributed by atoms with Crippen molar-refractivity contribution in [1.82, 2.24) is 14.9 Å². The summed E-state index contributed by atoms with van der Waals surface area (Å²) in [6.07, 6.45) is 2.17. The highest BCUT2D eigenvalue weighted by atomic mass is 16.3. The number of nitrogens with zero attached hydrogens (tertiary/aromatic N) is 1. The molecule has 0 aromatic carbocycles. The van der Waals surface area contributed by atoms with Crippen LogP contribution in [0.1, 0.15) is 19.8 Å². The zero-order chi connectivity index (χ0) is 13.5. The molecule has 100 valence electrons. The number of aromatic amines is 1. The molecule has 0 fully saturated rings. The maximum atomic E-state index is 11.5. The molecule has 0 saturated heterocycles. The van der Waals surface area contributed by atoms with Crippen LogP contribution in [0.2, 0.25) is 0 Å². The molecule has 1 amide bonds. The lowest BCUT2D eigenvalue weighted by atomic mass is 10.2. The van der Waals surface area contributed by atoms with Crippen molar-refractivity contribution >= 4 is 5.91 Å². The fourth-order valence-electron chi connectivity index (χ4n) is 1.40. The van der Waals surface area contributed by atoms with Crippen molar-refractivity contribution in [1.29, 1.82) is 0 Å². The third-order valence-corrected chi connectivity index (χ3v) is 2.33. The highest BCUT2D eigenvalue weighted by Crippen LogP contribution is 1.93. The molecule has 0 aliphatic rings. The molecule has 0 bridgehead atoms. The van der Waals surface area contributed by atoms with Crippen molar-refractivity contribution in [3.63, 3.8) is 0 Å². The Morgan fingerprint density at radius 3 is 2.89 bits per heavy atom. The predicted molar refractivity (Wildman–Crippen MR) is 65.2 cm³/mol. The molecule has 1 aromatic rings. The minimum Gasteiger partial charge on any atom is -0.393 e. The van der Waals surface area contributed by atoms with Gasteiger partial charge < -0.3 is 10.4 Å². The molecule has 0 saturated carbocycles. The van der Waals surface area contributed by atoms with Gasteiger partial charge in [-0.25, -0.2) is 4.79 Å². The number of hydrogen-bond acceptors (Lipinski definition) is 4. The molecule has 3 N–H and O–H groups in total. The van der Waals surface area contributed by atoms with E-state index in [1.807, 2.05) is 0 Å². The van der Waals surface area contributed by atoms with Crippen molar-refractivity contribution in [2.45, 2.75) is 32.4 Å². The molecular weight excluding hydrogens is 238 g/mol. The van der Waals surface area contributed by atoms with Gasteiger partial charge in [0.05, 0.1) is 6.10 Å². The summed E-state index contributed by atoms with van der Waals surface area (Å²) in [5.41, 5.74) is -1.10. The average Bonchev–Trinajstić information content (AvgIpc) is 2.28. The summed E-state index contributed by atoms with van der Waals surface area (Å²) in [4.78, 5) is 35.6. The van der Waals surface area contributed by atoms with E-state index in [-0.39, 0.29) is 18.6 Å². The maximum absolute atomic E-state index is 11.5. The first-order valence-corrected chi connectivity index (χ1v) is 5.73. The molecule has 7 nitrogen and oxygen atoms in total. The van der Waals surface area contributed by atoms with Gasteiger partial charge in [-0.05, 0) is 19.8 Å². The van der Waals surface area contributed by atoms with E-state index in [0.717, 1.165) is 4.57 Å². The molecule has 0 aliphatic carbocycles. The minimum atomic E-state index is -0.610. The van der Waals surface area contributed by atoms with Crippen LogP contribution in [0.5, 0.6) is 0 Å². The van der Waals surface area contributed by atoms with Gasteiger partial charge in [0.15, 0.2) is 0 Å². The zero-order valence-electron chi connectivity index (χ0n) is 10.2. The van der Waals surface area contributed by atoms with E-state index >= 15 is 0 Å². The van der Waals surface area contributed by atoms with Crippen molar-refractivity contribution in [3.05, 3.63) is 33.1 Å². The van der Waals surface area contributed by atoms with Gasteiger partial charge in [-0.15, -0.1) is 0 Å². The highest BCUT2D eigenvalue weighted by Gasteiger charge is 2.04. The Labute approximate surface area is 103 Å². The van der Waals surface area contributed by atoms with E-state index < -0.39 is 11.2 Å². The summed E-state index contributed by atoms with van der Waals surface area (Å²) < 4.78 is 1.12. The SMILES string of the molecule is CC(O)CCCNC(=O)Cn1ccc(=O)[nH]c1=O. The lowest BCUT2D eigenvalue weighted by Crippen LogP contribution is -2.35. The van der Waals surface area contributed by atoms with Crippen molar-refractivity contribution in [3.8, 4) is 0 Å². The third kappa shape index (κ3) is 4.96. The fraction of sp³-hybridized carbons (Fsp3) is 0.545. The summed E-state index contributed by atoms with van der Waals surface area (Å²) >= 11 is 0. The highest BCUT2D eigenvalue weighted by molar-refractivity contribution is 5.75. The van der Waals surface area contributed by atoms with Gasteiger partial charge in [-0.3, -0.25) is 19.1 Å². The number of nitrogens with one attached hydrogen (secondary N) is 2. The van der Waals surface area contributed by atoms with Crippen LogP contribution in [0.4, 0.5) is 0 Å². The van der Waals surface area contributed by atoms with Crippen molar-refractivity contribution in [2.75, 3.05) is 6.54 Å². The number of carbonyl (C=O) groups is 1. The van der Waals surface area contributed by atoms with Gasteiger partial charge >= 0.3 is 5.69 Å². The molecule has 7 heteroatoms. The summed E-state index contributed by atoms with van der Waals surface area (Å²) in [6, 6.07) is 1.18. The summed E-state index contributed by atoms with van der Waals surface area (Å²) in [5, 5.41) is 11.6. The second kappa shape index (κ2) is 6.75. The van der Waals surface area contributed by atoms with E-state index in [2.05, 4.69) is 10.3 Å². The summed E-state index contributed by atoms with van der Waals surface area (Å²) in [5.74, 6) is -0.310. The van der Waals surface area contributed by atoms with E-state index in [0.29, 0.717) is 19.4 Å².